The van der Waals surface area contributed by atoms with Crippen molar-refractivity contribution in [3.63, 3.8) is 0 Å². The predicted molar refractivity (Wildman–Crippen MR) is 482 cm³/mol. The summed E-state index contributed by atoms with van der Waals surface area (Å²) in [4.78, 5) is 12.1. The van der Waals surface area contributed by atoms with Crippen LogP contribution in [0.5, 0.6) is 0 Å². The van der Waals surface area contributed by atoms with Crippen LogP contribution < -0.4 is 24.5 Å². The van der Waals surface area contributed by atoms with Crippen molar-refractivity contribution >= 4 is 85.3 Å². The van der Waals surface area contributed by atoms with Crippen molar-refractivity contribution in [1.29, 1.82) is 0 Å². The summed E-state index contributed by atoms with van der Waals surface area (Å²) in [7, 11) is 0. The average molecular weight is 1460 g/mol. The number of rotatable bonds is 19. The fraction of sp³-hybridized carbons (Fsp3) is 0.159. The SMILES string of the molecule is Cc1ccc(N(c2ccc(-c3ccc(N(c4ccc(-c5ccc(N(c6ccc(-c7ccc(N(c8ccc(-c9ccc(N(c%10ccc(C)cc%10)c%10c(C)cc(C)cc%10C)cc9)cc8)c8c(C)cc(C)cc8C)cc7)cc6)c6c(C)cc(C)cc6C)cc5)cc4)c4c(C)cc(C)cc4C)cc3)cc2)c2c(C)cc(C)cc2C)cc1. The molecular weight excluding hydrogens is 1360 g/mol. The maximum absolute atomic E-state index is 2.43. The molecule has 5 heteroatoms. The number of hydrogen-bond donors (Lipinski definition) is 0. The highest BCUT2D eigenvalue weighted by Crippen LogP contribution is 2.48. The normalized spacial score (nSPS) is 11.3. The third-order valence-electron chi connectivity index (χ3n) is 22.2. The Bertz CT molecular complexity index is 5480. The van der Waals surface area contributed by atoms with Crippen LogP contribution in [0.15, 0.2) is 303 Å². The molecule has 0 aromatic heterocycles. The van der Waals surface area contributed by atoms with Crippen LogP contribution in [-0.4, -0.2) is 0 Å². The Balaban J connectivity index is 0.688. The van der Waals surface area contributed by atoms with E-state index < -0.39 is 0 Å². The van der Waals surface area contributed by atoms with Gasteiger partial charge in [0.25, 0.3) is 0 Å². The fourth-order valence-corrected chi connectivity index (χ4v) is 17.5. The first-order valence-corrected chi connectivity index (χ1v) is 39.3. The van der Waals surface area contributed by atoms with Gasteiger partial charge in [-0.05, 0) is 339 Å². The van der Waals surface area contributed by atoms with Gasteiger partial charge in [0.2, 0.25) is 0 Å². The molecule has 15 aromatic rings. The number of nitrogens with zero attached hydrogens (tertiary/aromatic N) is 5. The van der Waals surface area contributed by atoms with Gasteiger partial charge in [-0.3, -0.25) is 0 Å². The van der Waals surface area contributed by atoms with E-state index in [1.54, 1.807) is 0 Å². The maximum Gasteiger partial charge on any atom is 0.0520 e. The maximum atomic E-state index is 2.43. The smallest absolute Gasteiger partial charge is 0.0520 e. The lowest BCUT2D eigenvalue weighted by molar-refractivity contribution is 1.20. The molecule has 0 radical (unpaired) electrons. The van der Waals surface area contributed by atoms with Gasteiger partial charge in [-0.15, -0.1) is 0 Å². The Morgan fingerprint density at radius 1 is 0.116 bits per heavy atom. The van der Waals surface area contributed by atoms with E-state index in [2.05, 4.69) is 446 Å². The number of aryl methyl sites for hydroxylation is 17. The quantitative estimate of drug-likeness (QED) is 0.0800. The van der Waals surface area contributed by atoms with Crippen LogP contribution in [0.25, 0.3) is 44.5 Å². The molecule has 0 amide bonds. The zero-order valence-electron chi connectivity index (χ0n) is 68.1. The highest BCUT2D eigenvalue weighted by molar-refractivity contribution is 5.90. The van der Waals surface area contributed by atoms with E-state index in [9.17, 15) is 0 Å². The molecule has 0 spiro atoms. The van der Waals surface area contributed by atoms with Gasteiger partial charge in [-0.2, -0.15) is 0 Å². The molecule has 0 N–H and O–H groups in total. The Morgan fingerprint density at radius 3 is 0.321 bits per heavy atom. The van der Waals surface area contributed by atoms with Gasteiger partial charge in [0.05, 0.1) is 28.4 Å². The molecule has 0 atom stereocenters. The van der Waals surface area contributed by atoms with Gasteiger partial charge in [-0.25, -0.2) is 0 Å². The molecule has 0 saturated carbocycles. The zero-order valence-corrected chi connectivity index (χ0v) is 68.1. The first-order chi connectivity index (χ1) is 54.0. The highest BCUT2D eigenvalue weighted by atomic mass is 15.2. The van der Waals surface area contributed by atoms with Gasteiger partial charge in [0.15, 0.2) is 0 Å². The van der Waals surface area contributed by atoms with Crippen LogP contribution in [0, 0.1) is 118 Å². The van der Waals surface area contributed by atoms with Crippen molar-refractivity contribution in [2.45, 2.75) is 118 Å². The molecule has 0 saturated heterocycles. The Hall–Kier alpha value is -12.7. The number of hydrogen-bond acceptors (Lipinski definition) is 5. The third-order valence-corrected chi connectivity index (χ3v) is 22.2. The van der Waals surface area contributed by atoms with Gasteiger partial charge >= 0.3 is 0 Å². The Labute approximate surface area is 665 Å². The average Bonchev–Trinajstić information content (AvgIpc) is 0.778. The monoisotopic (exact) mass is 1460 g/mol. The summed E-state index contributed by atoms with van der Waals surface area (Å²) in [6, 6.07) is 113. The van der Waals surface area contributed by atoms with E-state index in [1.165, 1.54) is 134 Å². The summed E-state index contributed by atoms with van der Waals surface area (Å²) in [6.45, 7) is 37.5. The lowest BCUT2D eigenvalue weighted by atomic mass is 9.99. The first kappa shape index (κ1) is 74.7. The molecule has 0 heterocycles. The second-order valence-electron chi connectivity index (χ2n) is 31.5. The summed E-state index contributed by atoms with van der Waals surface area (Å²) in [5.74, 6) is 0. The van der Waals surface area contributed by atoms with Crippen molar-refractivity contribution < 1.29 is 0 Å². The van der Waals surface area contributed by atoms with Crippen LogP contribution in [0.1, 0.15) is 94.6 Å². The van der Waals surface area contributed by atoms with Gasteiger partial charge in [0, 0.05) is 56.9 Å². The summed E-state index contributed by atoms with van der Waals surface area (Å²) in [6.07, 6.45) is 0. The molecule has 5 nitrogen and oxygen atoms in total. The van der Waals surface area contributed by atoms with E-state index in [0.717, 1.165) is 90.3 Å². The molecule has 0 aliphatic rings. The first-order valence-electron chi connectivity index (χ1n) is 39.3. The highest BCUT2D eigenvalue weighted by Gasteiger charge is 2.25. The van der Waals surface area contributed by atoms with Crippen LogP contribution in [0.4, 0.5) is 85.3 Å². The Morgan fingerprint density at radius 2 is 0.214 bits per heavy atom. The summed E-state index contributed by atoms with van der Waals surface area (Å²) < 4.78 is 0. The topological polar surface area (TPSA) is 16.2 Å². The summed E-state index contributed by atoms with van der Waals surface area (Å²) in [5.41, 5.74) is 47.6. The van der Waals surface area contributed by atoms with Crippen molar-refractivity contribution in [2.24, 2.45) is 0 Å². The van der Waals surface area contributed by atoms with Gasteiger partial charge < -0.3 is 24.5 Å². The lowest BCUT2D eigenvalue weighted by Crippen LogP contribution is -2.13. The molecule has 0 bridgehead atoms. The molecule has 112 heavy (non-hydrogen) atoms. The molecule has 0 aliphatic heterocycles. The minimum Gasteiger partial charge on any atom is -0.310 e. The third kappa shape index (κ3) is 15.2. The van der Waals surface area contributed by atoms with Crippen molar-refractivity contribution in [3.8, 4) is 44.5 Å². The van der Waals surface area contributed by atoms with Crippen molar-refractivity contribution in [3.05, 3.63) is 398 Å². The zero-order chi connectivity index (χ0) is 78.3. The standard InChI is InChI=1S/C107H101N5/c1-68-18-38-93(39-19-68)108(103-75(8)58-70(3)59-76(103)9)95-42-22-85(23-43-95)87-26-46-97(47-27-87)110(105-79(12)62-72(5)63-80(105)13)99-50-30-89(31-51-99)91-34-54-101(55-35-91)112(107-83(16)66-74(7)67-84(107)17)102-56-36-92(37-57-102)90-32-52-100(53-33-90)111(106-81(14)64-73(6)65-82(106)15)98-48-28-88(29-49-98)86-24-44-96(45-25-86)109(94-40-20-69(2)21-41-94)104-77(10)60-71(4)61-78(104)11/h18-67H,1-17H3. The van der Waals surface area contributed by atoms with Crippen LogP contribution in [0.2, 0.25) is 0 Å². The summed E-state index contributed by atoms with van der Waals surface area (Å²) in [5, 5.41) is 0. The van der Waals surface area contributed by atoms with Crippen LogP contribution >= 0.6 is 0 Å². The van der Waals surface area contributed by atoms with E-state index in [1.807, 2.05) is 0 Å². The van der Waals surface area contributed by atoms with E-state index in [0.29, 0.717) is 0 Å². The Kier molecular flexibility index (Phi) is 20.9. The van der Waals surface area contributed by atoms with Crippen LogP contribution in [-0.2, 0) is 0 Å². The van der Waals surface area contributed by atoms with E-state index in [4.69, 9.17) is 0 Å². The van der Waals surface area contributed by atoms with E-state index >= 15 is 0 Å². The molecule has 554 valence electrons. The van der Waals surface area contributed by atoms with E-state index in [-0.39, 0.29) is 0 Å². The molecule has 15 aromatic carbocycles. The summed E-state index contributed by atoms with van der Waals surface area (Å²) >= 11 is 0. The predicted octanol–water partition coefficient (Wildman–Crippen LogP) is 30.9. The van der Waals surface area contributed by atoms with Gasteiger partial charge in [0.1, 0.15) is 0 Å². The second-order valence-corrected chi connectivity index (χ2v) is 31.5. The molecule has 15 rings (SSSR count). The van der Waals surface area contributed by atoms with Gasteiger partial charge in [-0.1, -0.05) is 221 Å². The fourth-order valence-electron chi connectivity index (χ4n) is 17.5. The van der Waals surface area contributed by atoms with Crippen molar-refractivity contribution in [2.75, 3.05) is 24.5 Å². The molecular formula is C107H101N5. The minimum atomic E-state index is 1.09. The molecule has 0 aliphatic carbocycles. The molecule has 0 unspecified atom stereocenters. The lowest BCUT2D eigenvalue weighted by Gasteiger charge is -2.30. The number of benzene rings is 15. The minimum absolute atomic E-state index is 1.09. The van der Waals surface area contributed by atoms with Crippen molar-refractivity contribution in [1.82, 2.24) is 0 Å². The second kappa shape index (κ2) is 31.3. The largest absolute Gasteiger partial charge is 0.310 e. The number of anilines is 15. The van der Waals surface area contributed by atoms with Crippen LogP contribution in [0.3, 0.4) is 0 Å². The molecule has 0 fully saturated rings.